The van der Waals surface area contributed by atoms with Crippen molar-refractivity contribution in [2.45, 2.75) is 43.9 Å². The Labute approximate surface area is 184 Å². The van der Waals surface area contributed by atoms with Gasteiger partial charge in [-0.2, -0.15) is 4.31 Å². The maximum atomic E-state index is 13.2. The Balaban J connectivity index is 1.43. The van der Waals surface area contributed by atoms with Crippen molar-refractivity contribution >= 4 is 27.4 Å². The lowest BCUT2D eigenvalue weighted by Crippen LogP contribution is -2.40. The van der Waals surface area contributed by atoms with Gasteiger partial charge < -0.3 is 10.2 Å². The van der Waals surface area contributed by atoms with E-state index in [1.54, 1.807) is 22.6 Å². The predicted molar refractivity (Wildman–Crippen MR) is 122 cm³/mol. The summed E-state index contributed by atoms with van der Waals surface area (Å²) in [6.07, 6.45) is 5.84. The maximum absolute atomic E-state index is 13.2. The van der Waals surface area contributed by atoms with Gasteiger partial charge in [0.05, 0.1) is 0 Å². The van der Waals surface area contributed by atoms with E-state index in [0.717, 1.165) is 30.5 Å². The van der Waals surface area contributed by atoms with Gasteiger partial charge in [0.2, 0.25) is 15.9 Å². The van der Waals surface area contributed by atoms with Crippen molar-refractivity contribution in [3.8, 4) is 0 Å². The molecule has 1 aromatic heterocycles. The normalized spacial score (nSPS) is 18.7. The van der Waals surface area contributed by atoms with Gasteiger partial charge in [0.25, 0.3) is 0 Å². The van der Waals surface area contributed by atoms with Crippen LogP contribution in [0.3, 0.4) is 0 Å². The Morgan fingerprint density at radius 2 is 1.68 bits per heavy atom. The standard InChI is InChI=1S/C23H30N4O3S/c1-18-7-9-20(10-8-18)25-23(28)19-11-16-26(17-12-19)22-21(6-5-13-24-22)31(29,30)27-14-3-2-4-15-27/h5-10,13,19H,2-4,11-12,14-17H2,1H3,(H,25,28). The van der Waals surface area contributed by atoms with Gasteiger partial charge in [-0.15, -0.1) is 0 Å². The molecular weight excluding hydrogens is 412 g/mol. The SMILES string of the molecule is Cc1ccc(NC(=O)C2CCN(c3ncccc3S(=O)(=O)N3CCCCC3)CC2)cc1. The van der Waals surface area contributed by atoms with Crippen LogP contribution in [0.25, 0.3) is 0 Å². The van der Waals surface area contributed by atoms with Gasteiger partial charge in [-0.05, 0) is 56.9 Å². The molecule has 2 saturated heterocycles. The second-order valence-corrected chi connectivity index (χ2v) is 10.3. The summed E-state index contributed by atoms with van der Waals surface area (Å²) < 4.78 is 28.1. The van der Waals surface area contributed by atoms with Crippen LogP contribution in [0.1, 0.15) is 37.7 Å². The molecule has 0 bridgehead atoms. The highest BCUT2D eigenvalue weighted by Crippen LogP contribution is 2.30. The molecule has 1 aromatic carbocycles. The molecule has 7 nitrogen and oxygen atoms in total. The third-order valence-corrected chi connectivity index (χ3v) is 8.09. The number of hydrogen-bond donors (Lipinski definition) is 1. The van der Waals surface area contributed by atoms with Crippen LogP contribution in [0.15, 0.2) is 47.5 Å². The number of pyridine rings is 1. The third kappa shape index (κ3) is 4.91. The summed E-state index contributed by atoms with van der Waals surface area (Å²) in [7, 11) is -3.57. The molecule has 0 aliphatic carbocycles. The summed E-state index contributed by atoms with van der Waals surface area (Å²) in [5.74, 6) is 0.430. The highest BCUT2D eigenvalue weighted by Gasteiger charge is 2.32. The minimum Gasteiger partial charge on any atom is -0.355 e. The fourth-order valence-corrected chi connectivity index (χ4v) is 5.98. The maximum Gasteiger partial charge on any atom is 0.246 e. The highest BCUT2D eigenvalue weighted by molar-refractivity contribution is 7.89. The minimum atomic E-state index is -3.57. The average molecular weight is 443 g/mol. The molecule has 0 unspecified atom stereocenters. The molecule has 31 heavy (non-hydrogen) atoms. The molecule has 0 spiro atoms. The predicted octanol–water partition coefficient (Wildman–Crippen LogP) is 3.42. The van der Waals surface area contributed by atoms with Crippen LogP contribution in [-0.2, 0) is 14.8 Å². The van der Waals surface area contributed by atoms with E-state index in [-0.39, 0.29) is 16.7 Å². The first-order chi connectivity index (χ1) is 14.9. The fraction of sp³-hybridized carbons (Fsp3) is 0.478. The van der Waals surface area contributed by atoms with Gasteiger partial charge in [0, 0.05) is 44.0 Å². The smallest absolute Gasteiger partial charge is 0.246 e. The number of aryl methyl sites for hydroxylation is 1. The van der Waals surface area contributed by atoms with Crippen molar-refractivity contribution in [3.05, 3.63) is 48.2 Å². The number of nitrogens with one attached hydrogen (secondary N) is 1. The van der Waals surface area contributed by atoms with E-state index in [9.17, 15) is 13.2 Å². The van der Waals surface area contributed by atoms with E-state index >= 15 is 0 Å². The van der Waals surface area contributed by atoms with Crippen molar-refractivity contribution in [3.63, 3.8) is 0 Å². The lowest BCUT2D eigenvalue weighted by molar-refractivity contribution is -0.120. The molecule has 166 valence electrons. The molecular formula is C23H30N4O3S. The summed E-state index contributed by atoms with van der Waals surface area (Å²) in [5.41, 5.74) is 1.95. The number of anilines is 2. The number of aromatic nitrogens is 1. The van der Waals surface area contributed by atoms with E-state index in [4.69, 9.17) is 0 Å². The number of hydrogen-bond acceptors (Lipinski definition) is 5. The number of rotatable bonds is 5. The molecule has 2 aromatic rings. The summed E-state index contributed by atoms with van der Waals surface area (Å²) >= 11 is 0. The molecule has 0 atom stereocenters. The van der Waals surface area contributed by atoms with Gasteiger partial charge in [-0.1, -0.05) is 24.1 Å². The minimum absolute atomic E-state index is 0.0192. The Morgan fingerprint density at radius 3 is 2.35 bits per heavy atom. The molecule has 8 heteroatoms. The number of carbonyl (C=O) groups is 1. The zero-order chi connectivity index (χ0) is 21.8. The van der Waals surface area contributed by atoms with Crippen molar-refractivity contribution in [2.24, 2.45) is 5.92 Å². The molecule has 2 aliphatic heterocycles. The molecule has 3 heterocycles. The van der Waals surface area contributed by atoms with Gasteiger partial charge in [0.15, 0.2) is 0 Å². The Hall–Kier alpha value is -2.45. The number of benzene rings is 1. The average Bonchev–Trinajstić information content (AvgIpc) is 2.81. The lowest BCUT2D eigenvalue weighted by Gasteiger charge is -2.34. The quantitative estimate of drug-likeness (QED) is 0.767. The van der Waals surface area contributed by atoms with Crippen LogP contribution < -0.4 is 10.2 Å². The van der Waals surface area contributed by atoms with Crippen LogP contribution in [0.2, 0.25) is 0 Å². The monoisotopic (exact) mass is 442 g/mol. The van der Waals surface area contributed by atoms with E-state index in [0.29, 0.717) is 44.8 Å². The molecule has 0 saturated carbocycles. The number of sulfonamides is 1. The van der Waals surface area contributed by atoms with Crippen LogP contribution in [0.5, 0.6) is 0 Å². The Morgan fingerprint density at radius 1 is 1.00 bits per heavy atom. The van der Waals surface area contributed by atoms with Crippen LogP contribution >= 0.6 is 0 Å². The van der Waals surface area contributed by atoms with Gasteiger partial charge in [-0.25, -0.2) is 13.4 Å². The van der Waals surface area contributed by atoms with Crippen molar-refractivity contribution < 1.29 is 13.2 Å². The summed E-state index contributed by atoms with van der Waals surface area (Å²) in [6.45, 7) is 4.35. The molecule has 1 amide bonds. The third-order valence-electron chi connectivity index (χ3n) is 6.17. The van der Waals surface area contributed by atoms with Gasteiger partial charge in [0.1, 0.15) is 10.7 Å². The lowest BCUT2D eigenvalue weighted by atomic mass is 9.95. The first kappa shape index (κ1) is 21.8. The van der Waals surface area contributed by atoms with Crippen molar-refractivity contribution in [2.75, 3.05) is 36.4 Å². The zero-order valence-corrected chi connectivity index (χ0v) is 18.8. The first-order valence-electron chi connectivity index (χ1n) is 11.0. The number of amides is 1. The summed E-state index contributed by atoms with van der Waals surface area (Å²) in [4.78, 5) is 19.4. The largest absolute Gasteiger partial charge is 0.355 e. The highest BCUT2D eigenvalue weighted by atomic mass is 32.2. The first-order valence-corrected chi connectivity index (χ1v) is 12.5. The molecule has 1 N–H and O–H groups in total. The zero-order valence-electron chi connectivity index (χ0n) is 18.0. The Bertz CT molecular complexity index is 1010. The van der Waals surface area contributed by atoms with E-state index < -0.39 is 10.0 Å². The van der Waals surface area contributed by atoms with E-state index in [2.05, 4.69) is 10.3 Å². The van der Waals surface area contributed by atoms with E-state index in [1.807, 2.05) is 36.1 Å². The molecule has 2 aliphatic rings. The number of carbonyl (C=O) groups excluding carboxylic acids is 1. The van der Waals surface area contributed by atoms with E-state index in [1.165, 1.54) is 0 Å². The molecule has 4 rings (SSSR count). The summed E-state index contributed by atoms with van der Waals surface area (Å²) in [6, 6.07) is 11.1. The fourth-order valence-electron chi connectivity index (χ4n) is 4.30. The van der Waals surface area contributed by atoms with Crippen molar-refractivity contribution in [1.82, 2.24) is 9.29 Å². The van der Waals surface area contributed by atoms with Crippen molar-refractivity contribution in [1.29, 1.82) is 0 Å². The Kier molecular flexibility index (Phi) is 6.57. The second kappa shape index (κ2) is 9.36. The van der Waals surface area contributed by atoms with Crippen LogP contribution in [0, 0.1) is 12.8 Å². The van der Waals surface area contributed by atoms with Crippen LogP contribution in [0.4, 0.5) is 11.5 Å². The molecule has 0 radical (unpaired) electrons. The number of piperidine rings is 2. The second-order valence-electron chi connectivity index (χ2n) is 8.41. The number of nitrogens with zero attached hydrogens (tertiary/aromatic N) is 3. The van der Waals surface area contributed by atoms with Crippen LogP contribution in [-0.4, -0.2) is 49.8 Å². The molecule has 2 fully saturated rings. The summed E-state index contributed by atoms with van der Waals surface area (Å²) in [5, 5.41) is 3.00. The topological polar surface area (TPSA) is 82.6 Å². The van der Waals surface area contributed by atoms with Gasteiger partial charge >= 0.3 is 0 Å². The van der Waals surface area contributed by atoms with Gasteiger partial charge in [-0.3, -0.25) is 4.79 Å².